The van der Waals surface area contributed by atoms with E-state index in [-0.39, 0.29) is 11.8 Å². The fourth-order valence-electron chi connectivity index (χ4n) is 3.64. The minimum atomic E-state index is 0.0846. The average molecular weight is 387 g/mol. The lowest BCUT2D eigenvalue weighted by atomic mass is 9.85. The van der Waals surface area contributed by atoms with Gasteiger partial charge in [0.05, 0.1) is 6.26 Å². The van der Waals surface area contributed by atoms with Gasteiger partial charge in [-0.3, -0.25) is 0 Å². The zero-order valence-corrected chi connectivity index (χ0v) is 17.7. The predicted octanol–water partition coefficient (Wildman–Crippen LogP) is 7.14. The van der Waals surface area contributed by atoms with E-state index >= 15 is 0 Å². The maximum absolute atomic E-state index is 11.2. The van der Waals surface area contributed by atoms with Crippen LogP contribution in [0, 0.1) is 0 Å². The molecule has 0 spiro atoms. The molecule has 0 amide bonds. The van der Waals surface area contributed by atoms with Crippen LogP contribution >= 0.6 is 0 Å². The Morgan fingerprint density at radius 3 is 1.69 bits per heavy atom. The molecule has 29 heavy (non-hydrogen) atoms. The first-order chi connectivity index (χ1) is 14.0. The van der Waals surface area contributed by atoms with Gasteiger partial charge in [0.1, 0.15) is 12.4 Å². The second kappa shape index (κ2) is 9.47. The fourth-order valence-corrected chi connectivity index (χ4v) is 3.64. The van der Waals surface area contributed by atoms with E-state index in [1.807, 2.05) is 50.2 Å². The maximum Gasteiger partial charge on any atom is 0.123 e. The molecule has 3 aromatic rings. The van der Waals surface area contributed by atoms with Crippen molar-refractivity contribution in [3.05, 3.63) is 112 Å². The summed E-state index contributed by atoms with van der Waals surface area (Å²) in [6.45, 7) is 8.80. The summed E-state index contributed by atoms with van der Waals surface area (Å²) in [5.41, 5.74) is 6.43. The van der Waals surface area contributed by atoms with Crippen molar-refractivity contribution in [3.63, 3.8) is 0 Å². The predicted molar refractivity (Wildman–Crippen MR) is 120 cm³/mol. The van der Waals surface area contributed by atoms with Gasteiger partial charge in [0.15, 0.2) is 0 Å². The Hall–Kier alpha value is -3.00. The molecule has 0 fully saturated rings. The standard InChI is InChI=1S/C27H30O2/c1-19(2)17-29-18-22-15-25(20(3)23-11-7-5-8-12-23)27(28)26(16-22)21(4)24-13-9-6-10-14-24/h5-17,20-21,28H,18H2,1-4H3. The van der Waals surface area contributed by atoms with E-state index in [0.29, 0.717) is 12.4 Å². The SMILES string of the molecule is CC(C)=COCc1cc(C(C)c2ccccc2)c(O)c(C(C)c2ccccc2)c1. The third-order valence-electron chi connectivity index (χ3n) is 5.33. The van der Waals surface area contributed by atoms with Crippen LogP contribution in [0.3, 0.4) is 0 Å². The summed E-state index contributed by atoms with van der Waals surface area (Å²) in [6.07, 6.45) is 1.79. The van der Waals surface area contributed by atoms with Gasteiger partial charge in [-0.05, 0) is 48.2 Å². The highest BCUT2D eigenvalue weighted by Gasteiger charge is 2.21. The Bertz CT molecular complexity index is 888. The number of aromatic hydroxyl groups is 1. The van der Waals surface area contributed by atoms with Gasteiger partial charge in [-0.2, -0.15) is 0 Å². The minimum absolute atomic E-state index is 0.0846. The quantitative estimate of drug-likeness (QED) is 0.437. The van der Waals surface area contributed by atoms with Crippen molar-refractivity contribution in [1.82, 2.24) is 0 Å². The van der Waals surface area contributed by atoms with Gasteiger partial charge in [0.25, 0.3) is 0 Å². The van der Waals surface area contributed by atoms with E-state index < -0.39 is 0 Å². The molecule has 0 bridgehead atoms. The van der Waals surface area contributed by atoms with Crippen LogP contribution in [0.1, 0.15) is 67.3 Å². The van der Waals surface area contributed by atoms with Crippen molar-refractivity contribution in [1.29, 1.82) is 0 Å². The van der Waals surface area contributed by atoms with E-state index in [9.17, 15) is 5.11 Å². The lowest BCUT2D eigenvalue weighted by Gasteiger charge is -2.22. The summed E-state index contributed by atoms with van der Waals surface area (Å²) in [4.78, 5) is 0. The number of phenolic OH excluding ortho intramolecular Hbond substituents is 1. The van der Waals surface area contributed by atoms with Crippen molar-refractivity contribution in [2.24, 2.45) is 0 Å². The van der Waals surface area contributed by atoms with E-state index in [2.05, 4.69) is 50.2 Å². The molecule has 2 heteroatoms. The van der Waals surface area contributed by atoms with E-state index in [4.69, 9.17) is 4.74 Å². The molecule has 3 rings (SSSR count). The normalized spacial score (nSPS) is 12.8. The summed E-state index contributed by atoms with van der Waals surface area (Å²) in [5, 5.41) is 11.2. The van der Waals surface area contributed by atoms with E-state index in [0.717, 1.165) is 22.3 Å². The second-order valence-corrected chi connectivity index (χ2v) is 7.89. The first-order valence-corrected chi connectivity index (χ1v) is 10.2. The van der Waals surface area contributed by atoms with Crippen LogP contribution in [0.25, 0.3) is 0 Å². The van der Waals surface area contributed by atoms with Gasteiger partial charge in [-0.25, -0.2) is 0 Å². The third-order valence-corrected chi connectivity index (χ3v) is 5.33. The number of hydrogen-bond donors (Lipinski definition) is 1. The summed E-state index contributed by atoms with van der Waals surface area (Å²) >= 11 is 0. The van der Waals surface area contributed by atoms with Crippen LogP contribution in [-0.2, 0) is 11.3 Å². The molecule has 2 unspecified atom stereocenters. The van der Waals surface area contributed by atoms with Gasteiger partial charge in [0.2, 0.25) is 0 Å². The molecule has 0 saturated carbocycles. The Morgan fingerprint density at radius 2 is 1.28 bits per heavy atom. The van der Waals surface area contributed by atoms with Crippen LogP contribution in [0.15, 0.2) is 84.6 Å². The Morgan fingerprint density at radius 1 is 0.828 bits per heavy atom. The third kappa shape index (κ3) is 5.08. The second-order valence-electron chi connectivity index (χ2n) is 7.89. The van der Waals surface area contributed by atoms with Gasteiger partial charge < -0.3 is 9.84 Å². The van der Waals surface area contributed by atoms with Crippen molar-refractivity contribution in [2.45, 2.75) is 46.1 Å². The first kappa shape index (κ1) is 20.7. The first-order valence-electron chi connectivity index (χ1n) is 10.2. The molecular formula is C27H30O2. The smallest absolute Gasteiger partial charge is 0.123 e. The lowest BCUT2D eigenvalue weighted by Crippen LogP contribution is -2.04. The molecule has 0 heterocycles. The molecule has 0 saturated heterocycles. The Labute approximate surface area is 174 Å². The highest BCUT2D eigenvalue weighted by molar-refractivity contribution is 5.52. The van der Waals surface area contributed by atoms with Crippen molar-refractivity contribution >= 4 is 0 Å². The van der Waals surface area contributed by atoms with Gasteiger partial charge in [-0.15, -0.1) is 0 Å². The number of phenols is 1. The van der Waals surface area contributed by atoms with Crippen LogP contribution in [0.4, 0.5) is 0 Å². The monoisotopic (exact) mass is 386 g/mol. The Kier molecular flexibility index (Phi) is 6.77. The summed E-state index contributed by atoms with van der Waals surface area (Å²) < 4.78 is 5.76. The van der Waals surface area contributed by atoms with Crippen LogP contribution in [0.5, 0.6) is 5.75 Å². The van der Waals surface area contributed by atoms with E-state index in [1.165, 1.54) is 11.1 Å². The summed E-state index contributed by atoms with van der Waals surface area (Å²) in [6, 6.07) is 24.8. The number of benzene rings is 3. The highest BCUT2D eigenvalue weighted by atomic mass is 16.5. The van der Waals surface area contributed by atoms with Crippen LogP contribution < -0.4 is 0 Å². The van der Waals surface area contributed by atoms with Crippen molar-refractivity contribution in [3.8, 4) is 5.75 Å². The van der Waals surface area contributed by atoms with E-state index in [1.54, 1.807) is 6.26 Å². The van der Waals surface area contributed by atoms with Crippen LogP contribution in [0.2, 0.25) is 0 Å². The average Bonchev–Trinajstić information content (AvgIpc) is 2.74. The molecule has 0 aliphatic heterocycles. The molecule has 0 aliphatic carbocycles. The summed E-state index contributed by atoms with van der Waals surface area (Å²) in [7, 11) is 0. The molecule has 3 aromatic carbocycles. The fraction of sp³-hybridized carbons (Fsp3) is 0.259. The molecule has 150 valence electrons. The Balaban J connectivity index is 2.05. The topological polar surface area (TPSA) is 29.5 Å². The molecular weight excluding hydrogens is 356 g/mol. The molecule has 0 aliphatic rings. The number of allylic oxidation sites excluding steroid dienone is 1. The van der Waals surface area contributed by atoms with Gasteiger partial charge in [0, 0.05) is 23.0 Å². The van der Waals surface area contributed by atoms with Crippen molar-refractivity contribution < 1.29 is 9.84 Å². The number of ether oxygens (including phenoxy) is 1. The molecule has 2 nitrogen and oxygen atoms in total. The largest absolute Gasteiger partial charge is 0.507 e. The molecule has 0 aromatic heterocycles. The van der Waals surface area contributed by atoms with Gasteiger partial charge in [-0.1, -0.05) is 74.5 Å². The molecule has 0 radical (unpaired) electrons. The van der Waals surface area contributed by atoms with Gasteiger partial charge >= 0.3 is 0 Å². The highest BCUT2D eigenvalue weighted by Crippen LogP contribution is 2.39. The number of rotatable bonds is 7. The number of hydrogen-bond acceptors (Lipinski definition) is 2. The van der Waals surface area contributed by atoms with Crippen LogP contribution in [-0.4, -0.2) is 5.11 Å². The van der Waals surface area contributed by atoms with Crippen molar-refractivity contribution in [2.75, 3.05) is 0 Å². The molecule has 2 atom stereocenters. The lowest BCUT2D eigenvalue weighted by molar-refractivity contribution is 0.233. The maximum atomic E-state index is 11.2. The minimum Gasteiger partial charge on any atom is -0.507 e. The summed E-state index contributed by atoms with van der Waals surface area (Å²) in [5.74, 6) is 0.548. The zero-order chi connectivity index (χ0) is 20.8. The zero-order valence-electron chi connectivity index (χ0n) is 17.7. The molecule has 1 N–H and O–H groups in total.